The van der Waals surface area contributed by atoms with Crippen molar-refractivity contribution in [3.05, 3.63) is 46.5 Å². The van der Waals surface area contributed by atoms with E-state index < -0.39 is 6.43 Å². The minimum absolute atomic E-state index is 0.0341. The summed E-state index contributed by atoms with van der Waals surface area (Å²) in [6, 6.07) is 8.02. The molecule has 2 aromatic rings. The predicted octanol–water partition coefficient (Wildman–Crippen LogP) is 3.93. The van der Waals surface area contributed by atoms with Crippen molar-refractivity contribution in [2.24, 2.45) is 13.0 Å². The molecule has 3 rings (SSSR count). The van der Waals surface area contributed by atoms with Crippen molar-refractivity contribution < 1.29 is 8.78 Å². The second-order valence-electron chi connectivity index (χ2n) is 5.76. The molecule has 0 unspecified atom stereocenters. The highest BCUT2D eigenvalue weighted by Gasteiger charge is 2.50. The highest BCUT2D eigenvalue weighted by atomic mass is 79.9. The van der Waals surface area contributed by atoms with Gasteiger partial charge in [0.05, 0.1) is 5.41 Å². The van der Waals surface area contributed by atoms with Gasteiger partial charge in [0, 0.05) is 17.9 Å². The Morgan fingerprint density at radius 3 is 2.76 bits per heavy atom. The lowest BCUT2D eigenvalue weighted by molar-refractivity contribution is 0.0608. The van der Waals surface area contributed by atoms with Crippen molar-refractivity contribution in [1.82, 2.24) is 14.8 Å². The summed E-state index contributed by atoms with van der Waals surface area (Å²) in [7, 11) is 1.90. The number of hydrogen-bond donors (Lipinski definition) is 0. The first-order valence-corrected chi connectivity index (χ1v) is 7.69. The smallest absolute Gasteiger partial charge is 0.238 e. The second-order valence-corrected chi connectivity index (χ2v) is 6.67. The fourth-order valence-corrected chi connectivity index (χ4v) is 3.79. The van der Waals surface area contributed by atoms with Crippen LogP contribution in [0.4, 0.5) is 8.78 Å². The number of rotatable bonds is 4. The van der Waals surface area contributed by atoms with E-state index in [0.29, 0.717) is 12.8 Å². The minimum Gasteiger partial charge on any atom is -0.320 e. The van der Waals surface area contributed by atoms with Crippen molar-refractivity contribution in [3.63, 3.8) is 0 Å². The SMILES string of the molecule is Cn1cnnc1C1(c2cccc(Br)c2)CC(CC(F)F)C1. The van der Waals surface area contributed by atoms with E-state index in [1.807, 2.05) is 35.9 Å². The van der Waals surface area contributed by atoms with Gasteiger partial charge in [0.2, 0.25) is 6.43 Å². The lowest BCUT2D eigenvalue weighted by atomic mass is 9.57. The fraction of sp³-hybridized carbons (Fsp3) is 0.467. The van der Waals surface area contributed by atoms with E-state index in [1.54, 1.807) is 6.33 Å². The van der Waals surface area contributed by atoms with Crippen LogP contribution in [0.25, 0.3) is 0 Å². The van der Waals surface area contributed by atoms with Crippen molar-refractivity contribution in [1.29, 1.82) is 0 Å². The highest BCUT2D eigenvalue weighted by molar-refractivity contribution is 9.10. The third-order valence-corrected chi connectivity index (χ3v) is 4.80. The van der Waals surface area contributed by atoms with Crippen LogP contribution in [-0.2, 0) is 12.5 Å². The molecule has 21 heavy (non-hydrogen) atoms. The van der Waals surface area contributed by atoms with Crippen molar-refractivity contribution >= 4 is 15.9 Å². The molecule has 0 atom stereocenters. The molecule has 1 saturated carbocycles. The zero-order valence-electron chi connectivity index (χ0n) is 11.6. The average Bonchev–Trinajstić information content (AvgIpc) is 2.79. The van der Waals surface area contributed by atoms with Crippen LogP contribution in [0, 0.1) is 5.92 Å². The van der Waals surface area contributed by atoms with Crippen LogP contribution >= 0.6 is 15.9 Å². The quantitative estimate of drug-likeness (QED) is 0.831. The summed E-state index contributed by atoms with van der Waals surface area (Å²) < 4.78 is 28.1. The lowest BCUT2D eigenvalue weighted by Gasteiger charge is -2.47. The van der Waals surface area contributed by atoms with E-state index in [1.165, 1.54) is 0 Å². The van der Waals surface area contributed by atoms with Gasteiger partial charge in [0.25, 0.3) is 0 Å². The Labute approximate surface area is 130 Å². The molecule has 0 aliphatic heterocycles. The summed E-state index contributed by atoms with van der Waals surface area (Å²) in [6.07, 6.45) is 0.777. The number of hydrogen-bond acceptors (Lipinski definition) is 2. The Bertz CT molecular complexity index is 635. The molecule has 1 aliphatic carbocycles. The van der Waals surface area contributed by atoms with Crippen LogP contribution in [0.3, 0.4) is 0 Å². The Kier molecular flexibility index (Phi) is 3.82. The standard InChI is InChI=1S/C15H16BrF2N3/c1-21-9-19-20-14(21)15(7-10(8-15)5-13(17)18)11-3-2-4-12(16)6-11/h2-4,6,9-10,13H,5,7-8H2,1H3. The summed E-state index contributed by atoms with van der Waals surface area (Å²) in [6.45, 7) is 0. The maximum Gasteiger partial charge on any atom is 0.238 e. The van der Waals surface area contributed by atoms with Gasteiger partial charge in [-0.15, -0.1) is 10.2 Å². The normalized spacial score (nSPS) is 25.1. The Hall–Kier alpha value is -1.30. The molecule has 1 aliphatic rings. The summed E-state index contributed by atoms with van der Waals surface area (Å²) in [5, 5.41) is 8.20. The molecule has 0 saturated heterocycles. The maximum absolute atomic E-state index is 12.6. The van der Waals surface area contributed by atoms with E-state index in [0.717, 1.165) is 15.9 Å². The number of halogens is 3. The summed E-state index contributed by atoms with van der Waals surface area (Å²) in [5.41, 5.74) is 0.813. The molecule has 0 N–H and O–H groups in total. The van der Waals surface area contributed by atoms with Gasteiger partial charge in [-0.05, 0) is 36.5 Å². The lowest BCUT2D eigenvalue weighted by Crippen LogP contribution is -2.44. The molecule has 6 heteroatoms. The van der Waals surface area contributed by atoms with Crippen LogP contribution < -0.4 is 0 Å². The van der Waals surface area contributed by atoms with E-state index in [9.17, 15) is 8.78 Å². The van der Waals surface area contributed by atoms with Crippen LogP contribution in [0.15, 0.2) is 35.1 Å². The maximum atomic E-state index is 12.6. The summed E-state index contributed by atoms with van der Waals surface area (Å²) in [4.78, 5) is 0. The first kappa shape index (κ1) is 14.6. The summed E-state index contributed by atoms with van der Waals surface area (Å²) >= 11 is 3.48. The second kappa shape index (κ2) is 5.48. The Morgan fingerprint density at radius 1 is 1.43 bits per heavy atom. The third kappa shape index (κ3) is 2.61. The van der Waals surface area contributed by atoms with Gasteiger partial charge >= 0.3 is 0 Å². The third-order valence-electron chi connectivity index (χ3n) is 4.30. The Balaban J connectivity index is 1.96. The van der Waals surface area contributed by atoms with Gasteiger partial charge in [-0.1, -0.05) is 28.1 Å². The largest absolute Gasteiger partial charge is 0.320 e. The number of aromatic nitrogens is 3. The van der Waals surface area contributed by atoms with Crippen LogP contribution in [0.1, 0.15) is 30.7 Å². The number of aryl methyl sites for hydroxylation is 1. The zero-order valence-corrected chi connectivity index (χ0v) is 13.2. The molecule has 1 aromatic heterocycles. The van der Waals surface area contributed by atoms with Crippen LogP contribution in [-0.4, -0.2) is 21.2 Å². The van der Waals surface area contributed by atoms with Gasteiger partial charge in [0.1, 0.15) is 12.2 Å². The molecular weight excluding hydrogens is 340 g/mol. The van der Waals surface area contributed by atoms with Crippen LogP contribution in [0.2, 0.25) is 0 Å². The highest BCUT2D eigenvalue weighted by Crippen LogP contribution is 2.53. The van der Waals surface area contributed by atoms with Crippen molar-refractivity contribution in [2.75, 3.05) is 0 Å². The monoisotopic (exact) mass is 355 g/mol. The first-order chi connectivity index (χ1) is 10.0. The van der Waals surface area contributed by atoms with Crippen molar-refractivity contribution in [3.8, 4) is 0 Å². The number of alkyl halides is 2. The molecule has 1 fully saturated rings. The Morgan fingerprint density at radius 2 is 2.19 bits per heavy atom. The van der Waals surface area contributed by atoms with E-state index in [-0.39, 0.29) is 17.8 Å². The molecule has 1 aromatic carbocycles. The minimum atomic E-state index is -2.24. The zero-order chi connectivity index (χ0) is 15.0. The molecule has 112 valence electrons. The molecular formula is C15H16BrF2N3. The van der Waals surface area contributed by atoms with Crippen molar-refractivity contribution in [2.45, 2.75) is 31.1 Å². The summed E-state index contributed by atoms with van der Waals surface area (Å²) in [5.74, 6) is 0.895. The first-order valence-electron chi connectivity index (χ1n) is 6.90. The van der Waals surface area contributed by atoms with E-state index >= 15 is 0 Å². The fourth-order valence-electron chi connectivity index (χ4n) is 3.39. The van der Waals surface area contributed by atoms with Gasteiger partial charge in [-0.25, -0.2) is 8.78 Å². The molecule has 0 amide bonds. The number of benzene rings is 1. The van der Waals surface area contributed by atoms with E-state index in [2.05, 4.69) is 26.1 Å². The van der Waals surface area contributed by atoms with Crippen LogP contribution in [0.5, 0.6) is 0 Å². The predicted molar refractivity (Wildman–Crippen MR) is 79.3 cm³/mol. The molecule has 3 nitrogen and oxygen atoms in total. The molecule has 0 radical (unpaired) electrons. The van der Waals surface area contributed by atoms with Gasteiger partial charge in [-0.2, -0.15) is 0 Å². The molecule has 0 spiro atoms. The number of nitrogens with zero attached hydrogens (tertiary/aromatic N) is 3. The average molecular weight is 356 g/mol. The molecule has 0 bridgehead atoms. The topological polar surface area (TPSA) is 30.7 Å². The van der Waals surface area contributed by atoms with Gasteiger partial charge < -0.3 is 4.57 Å². The van der Waals surface area contributed by atoms with E-state index in [4.69, 9.17) is 0 Å². The van der Waals surface area contributed by atoms with Gasteiger partial charge in [0.15, 0.2) is 0 Å². The van der Waals surface area contributed by atoms with Gasteiger partial charge in [-0.3, -0.25) is 0 Å². The molecule has 1 heterocycles.